The normalized spacial score (nSPS) is 13.6. The molecule has 0 bridgehead atoms. The van der Waals surface area contributed by atoms with Crippen molar-refractivity contribution in [3.63, 3.8) is 0 Å². The third-order valence-electron chi connectivity index (χ3n) is 5.48. The molecule has 0 unspecified atom stereocenters. The Morgan fingerprint density at radius 1 is 0.833 bits per heavy atom. The number of hydrogen-bond acceptors (Lipinski definition) is 4. The van der Waals surface area contributed by atoms with Crippen molar-refractivity contribution >= 4 is 81.2 Å². The Balaban J connectivity index is 1.57. The highest BCUT2D eigenvalue weighted by Gasteiger charge is 2.40. The molecule has 184 valence electrons. The van der Waals surface area contributed by atoms with Crippen LogP contribution in [0, 0.1) is 0 Å². The van der Waals surface area contributed by atoms with Crippen LogP contribution in [0.3, 0.4) is 0 Å². The van der Waals surface area contributed by atoms with Gasteiger partial charge in [-0.3, -0.25) is 14.4 Å². The number of amides is 3. The van der Waals surface area contributed by atoms with Crippen LogP contribution in [0.1, 0.15) is 35.7 Å². The van der Waals surface area contributed by atoms with Gasteiger partial charge in [0.15, 0.2) is 0 Å². The van der Waals surface area contributed by atoms with E-state index in [1.807, 2.05) is 38.1 Å². The van der Waals surface area contributed by atoms with Crippen LogP contribution in [0.2, 0.25) is 15.1 Å². The lowest BCUT2D eigenvalue weighted by atomic mass is 10.0. The molecular formula is C26H19Cl4N3O3. The summed E-state index contributed by atoms with van der Waals surface area (Å²) in [6.45, 7) is 4.09. The Labute approximate surface area is 227 Å². The van der Waals surface area contributed by atoms with E-state index in [-0.39, 0.29) is 43.3 Å². The predicted octanol–water partition coefficient (Wildman–Crippen LogP) is 7.46. The van der Waals surface area contributed by atoms with Crippen molar-refractivity contribution in [2.24, 2.45) is 0 Å². The maximum atomic E-state index is 13.1. The molecule has 1 aliphatic rings. The second kappa shape index (κ2) is 10.5. The van der Waals surface area contributed by atoms with E-state index in [1.165, 1.54) is 12.1 Å². The molecule has 10 heteroatoms. The van der Waals surface area contributed by atoms with Crippen molar-refractivity contribution in [2.75, 3.05) is 15.5 Å². The van der Waals surface area contributed by atoms with Crippen LogP contribution in [0.25, 0.3) is 0 Å². The number of carbonyl (C=O) groups is 3. The van der Waals surface area contributed by atoms with E-state index in [9.17, 15) is 14.4 Å². The molecule has 3 amide bonds. The number of nitrogens with one attached hydrogen (secondary N) is 2. The summed E-state index contributed by atoms with van der Waals surface area (Å²) in [4.78, 5) is 39.7. The van der Waals surface area contributed by atoms with Gasteiger partial charge >= 0.3 is 0 Å². The molecule has 0 aromatic heterocycles. The molecule has 0 fully saturated rings. The van der Waals surface area contributed by atoms with Gasteiger partial charge in [-0.05, 0) is 47.9 Å². The van der Waals surface area contributed by atoms with E-state index in [0.29, 0.717) is 16.9 Å². The SMILES string of the molecule is CC(C)c1ccccc1NC(=O)c1cccc(NC2=C(Cl)C(=O)N(c3cc(Cl)c(Cl)cc3Cl)C2=O)c1. The fraction of sp³-hybridized carbons (Fsp3) is 0.115. The minimum Gasteiger partial charge on any atom is -0.350 e. The molecule has 2 N–H and O–H groups in total. The molecule has 3 aromatic rings. The number of benzene rings is 3. The molecule has 0 saturated heterocycles. The van der Waals surface area contributed by atoms with Crippen molar-refractivity contribution in [2.45, 2.75) is 19.8 Å². The molecule has 3 aromatic carbocycles. The topological polar surface area (TPSA) is 78.5 Å². The van der Waals surface area contributed by atoms with Crippen LogP contribution in [0.5, 0.6) is 0 Å². The summed E-state index contributed by atoms with van der Waals surface area (Å²) in [6.07, 6.45) is 0. The molecule has 0 radical (unpaired) electrons. The number of carbonyl (C=O) groups excluding carboxylic acids is 3. The van der Waals surface area contributed by atoms with Gasteiger partial charge in [-0.2, -0.15) is 0 Å². The molecule has 1 heterocycles. The fourth-order valence-electron chi connectivity index (χ4n) is 3.70. The summed E-state index contributed by atoms with van der Waals surface area (Å²) < 4.78 is 0. The Kier molecular flexibility index (Phi) is 7.62. The summed E-state index contributed by atoms with van der Waals surface area (Å²) in [7, 11) is 0. The Hall–Kier alpha value is -3.03. The number of para-hydroxylation sites is 1. The first-order chi connectivity index (χ1) is 17.1. The highest BCUT2D eigenvalue weighted by atomic mass is 35.5. The summed E-state index contributed by atoms with van der Waals surface area (Å²) in [5.74, 6) is -1.61. The predicted molar refractivity (Wildman–Crippen MR) is 145 cm³/mol. The molecule has 0 saturated carbocycles. The van der Waals surface area contributed by atoms with Crippen molar-refractivity contribution in [1.82, 2.24) is 0 Å². The highest BCUT2D eigenvalue weighted by molar-refractivity contribution is 6.54. The number of nitrogens with zero attached hydrogens (tertiary/aromatic N) is 1. The van der Waals surface area contributed by atoms with Gasteiger partial charge in [0.1, 0.15) is 10.7 Å². The smallest absolute Gasteiger partial charge is 0.283 e. The lowest BCUT2D eigenvalue weighted by Crippen LogP contribution is -2.32. The van der Waals surface area contributed by atoms with Gasteiger partial charge in [-0.1, -0.05) is 84.5 Å². The van der Waals surface area contributed by atoms with Gasteiger partial charge in [-0.25, -0.2) is 4.90 Å². The van der Waals surface area contributed by atoms with Crippen LogP contribution in [0.4, 0.5) is 17.1 Å². The lowest BCUT2D eigenvalue weighted by molar-refractivity contribution is -0.120. The monoisotopic (exact) mass is 561 g/mol. The average Bonchev–Trinajstić information content (AvgIpc) is 3.05. The van der Waals surface area contributed by atoms with Gasteiger partial charge in [0.25, 0.3) is 17.7 Å². The van der Waals surface area contributed by atoms with Crippen molar-refractivity contribution in [3.8, 4) is 0 Å². The van der Waals surface area contributed by atoms with Crippen molar-refractivity contribution in [1.29, 1.82) is 0 Å². The molecule has 1 aliphatic heterocycles. The van der Waals surface area contributed by atoms with E-state index in [2.05, 4.69) is 10.6 Å². The van der Waals surface area contributed by atoms with Gasteiger partial charge < -0.3 is 10.6 Å². The van der Waals surface area contributed by atoms with Crippen LogP contribution >= 0.6 is 46.4 Å². The van der Waals surface area contributed by atoms with Crippen molar-refractivity contribution < 1.29 is 14.4 Å². The number of hydrogen-bond donors (Lipinski definition) is 2. The quantitative estimate of drug-likeness (QED) is 0.241. The van der Waals surface area contributed by atoms with E-state index in [0.717, 1.165) is 10.5 Å². The van der Waals surface area contributed by atoms with E-state index < -0.39 is 11.8 Å². The third kappa shape index (κ3) is 5.08. The average molecular weight is 563 g/mol. The second-order valence-corrected chi connectivity index (χ2v) is 9.85. The van der Waals surface area contributed by atoms with Crippen LogP contribution < -0.4 is 15.5 Å². The molecular weight excluding hydrogens is 544 g/mol. The Morgan fingerprint density at radius 3 is 2.25 bits per heavy atom. The zero-order valence-corrected chi connectivity index (χ0v) is 22.1. The largest absolute Gasteiger partial charge is 0.350 e. The van der Waals surface area contributed by atoms with Crippen LogP contribution in [-0.4, -0.2) is 17.7 Å². The first-order valence-corrected chi connectivity index (χ1v) is 12.3. The standard InChI is InChI=1S/C26H19Cl4N3O3/c1-13(2)16-8-3-4-9-20(16)32-24(34)14-6-5-7-15(10-14)31-23-22(30)25(35)33(26(23)36)21-12-18(28)17(27)11-19(21)29/h3-13,31H,1-2H3,(H,32,34). The summed E-state index contributed by atoms with van der Waals surface area (Å²) in [6, 6.07) is 16.7. The van der Waals surface area contributed by atoms with Gasteiger partial charge in [-0.15, -0.1) is 0 Å². The number of rotatable bonds is 6. The van der Waals surface area contributed by atoms with E-state index in [4.69, 9.17) is 46.4 Å². The van der Waals surface area contributed by atoms with E-state index in [1.54, 1.807) is 24.3 Å². The minimum atomic E-state index is -0.774. The highest BCUT2D eigenvalue weighted by Crippen LogP contribution is 2.38. The fourth-order valence-corrected chi connectivity index (χ4v) is 4.54. The van der Waals surface area contributed by atoms with Crippen LogP contribution in [-0.2, 0) is 9.59 Å². The maximum absolute atomic E-state index is 13.1. The van der Waals surface area contributed by atoms with Gasteiger partial charge in [0.2, 0.25) is 0 Å². The molecule has 6 nitrogen and oxygen atoms in total. The first kappa shape index (κ1) is 26.0. The number of anilines is 3. The molecule has 4 rings (SSSR count). The Bertz CT molecular complexity index is 1440. The zero-order chi connectivity index (χ0) is 26.1. The maximum Gasteiger partial charge on any atom is 0.283 e. The first-order valence-electron chi connectivity index (χ1n) is 10.8. The molecule has 0 spiro atoms. The number of imide groups is 1. The number of halogens is 4. The summed E-state index contributed by atoms with van der Waals surface area (Å²) in [5.41, 5.74) is 2.34. The van der Waals surface area contributed by atoms with Crippen LogP contribution in [0.15, 0.2) is 71.4 Å². The van der Waals surface area contributed by atoms with Crippen molar-refractivity contribution in [3.05, 3.63) is 97.6 Å². The lowest BCUT2D eigenvalue weighted by Gasteiger charge is -2.17. The molecule has 36 heavy (non-hydrogen) atoms. The summed E-state index contributed by atoms with van der Waals surface area (Å²) in [5, 5.41) is 5.80. The second-order valence-electron chi connectivity index (χ2n) is 8.25. The van der Waals surface area contributed by atoms with Gasteiger partial charge in [0.05, 0.1) is 20.8 Å². The molecule has 0 aliphatic carbocycles. The third-order valence-corrected chi connectivity index (χ3v) is 6.86. The van der Waals surface area contributed by atoms with E-state index >= 15 is 0 Å². The molecule has 0 atom stereocenters. The summed E-state index contributed by atoms with van der Waals surface area (Å²) >= 11 is 24.4. The zero-order valence-electron chi connectivity index (χ0n) is 19.0. The Morgan fingerprint density at radius 2 is 1.53 bits per heavy atom. The minimum absolute atomic E-state index is 0.0490. The van der Waals surface area contributed by atoms with Gasteiger partial charge in [0, 0.05) is 16.9 Å².